The summed E-state index contributed by atoms with van der Waals surface area (Å²) in [6.45, 7) is 3.59. The standard InChI is InChI=1S/C20H23N9/c21-4-5-26-12-14(11-22)18-10-15(16(23)13-27-18)20(24)17-2-1-3-19(28-17)29-8-6-25-7-9-29/h1-3,10-13,24-25H,5-9,22-23H2. The maximum Gasteiger partial charge on any atom is 0.129 e. The number of piperazine rings is 1. The van der Waals surface area contributed by atoms with Crippen LogP contribution in [0.15, 0.2) is 41.7 Å². The Morgan fingerprint density at radius 3 is 2.86 bits per heavy atom. The average Bonchev–Trinajstić information content (AvgIpc) is 2.77. The molecule has 0 atom stereocenters. The Kier molecular flexibility index (Phi) is 6.50. The van der Waals surface area contributed by atoms with Crippen LogP contribution in [0.3, 0.4) is 0 Å². The summed E-state index contributed by atoms with van der Waals surface area (Å²) in [7, 11) is 0. The van der Waals surface area contributed by atoms with Gasteiger partial charge in [0.1, 0.15) is 12.4 Å². The van der Waals surface area contributed by atoms with Crippen LogP contribution in [-0.4, -0.2) is 54.6 Å². The molecule has 0 spiro atoms. The number of pyridine rings is 2. The lowest BCUT2D eigenvalue weighted by Crippen LogP contribution is -2.44. The second-order valence-electron chi connectivity index (χ2n) is 6.40. The molecule has 1 aliphatic rings. The van der Waals surface area contributed by atoms with E-state index in [0.717, 1.165) is 32.0 Å². The smallest absolute Gasteiger partial charge is 0.129 e. The second-order valence-corrected chi connectivity index (χ2v) is 6.40. The van der Waals surface area contributed by atoms with Gasteiger partial charge < -0.3 is 21.7 Å². The van der Waals surface area contributed by atoms with Gasteiger partial charge in [0, 0.05) is 49.7 Å². The first-order chi connectivity index (χ1) is 14.1. The maximum atomic E-state index is 8.66. The number of nitrogen functional groups attached to an aromatic ring is 1. The third-order valence-corrected chi connectivity index (χ3v) is 4.50. The largest absolute Gasteiger partial charge is 0.404 e. The van der Waals surface area contributed by atoms with Gasteiger partial charge in [-0.25, -0.2) is 4.98 Å². The minimum Gasteiger partial charge on any atom is -0.404 e. The SMILES string of the molecule is N#CCN=CC(=CN)c1cc(C(=N)c2cccc(N3CCNCC3)n2)c(N)cn1. The summed E-state index contributed by atoms with van der Waals surface area (Å²) in [5.74, 6) is 0.841. The van der Waals surface area contributed by atoms with Gasteiger partial charge in [0.05, 0.1) is 35.1 Å². The van der Waals surface area contributed by atoms with E-state index in [1.807, 2.05) is 18.2 Å². The van der Waals surface area contributed by atoms with E-state index >= 15 is 0 Å². The number of hydrogen-bond acceptors (Lipinski definition) is 9. The molecule has 1 aliphatic heterocycles. The molecule has 1 fully saturated rings. The predicted octanol–water partition coefficient (Wildman–Crippen LogP) is 0.779. The van der Waals surface area contributed by atoms with Crippen molar-refractivity contribution in [1.29, 1.82) is 10.7 Å². The zero-order valence-corrected chi connectivity index (χ0v) is 16.0. The molecule has 0 unspecified atom stereocenters. The van der Waals surface area contributed by atoms with Crippen molar-refractivity contribution in [3.8, 4) is 6.07 Å². The molecule has 2 aromatic heterocycles. The van der Waals surface area contributed by atoms with Crippen molar-refractivity contribution in [1.82, 2.24) is 15.3 Å². The summed E-state index contributed by atoms with van der Waals surface area (Å²) in [6, 6.07) is 9.26. The summed E-state index contributed by atoms with van der Waals surface area (Å²) >= 11 is 0. The van der Waals surface area contributed by atoms with Crippen LogP contribution >= 0.6 is 0 Å². The highest BCUT2D eigenvalue weighted by Crippen LogP contribution is 2.21. The molecule has 1 saturated heterocycles. The summed E-state index contributed by atoms with van der Waals surface area (Å²) in [5, 5.41) is 20.6. The molecule has 9 heteroatoms. The van der Waals surface area contributed by atoms with Crippen molar-refractivity contribution in [2.45, 2.75) is 0 Å². The van der Waals surface area contributed by atoms with Gasteiger partial charge in [0.15, 0.2) is 0 Å². The molecule has 9 nitrogen and oxygen atoms in total. The molecule has 148 valence electrons. The van der Waals surface area contributed by atoms with E-state index in [4.69, 9.17) is 22.1 Å². The predicted molar refractivity (Wildman–Crippen MR) is 115 cm³/mol. The summed E-state index contributed by atoms with van der Waals surface area (Å²) in [5.41, 5.74) is 14.4. The first-order valence-electron chi connectivity index (χ1n) is 9.20. The van der Waals surface area contributed by atoms with Gasteiger partial charge in [-0.05, 0) is 18.2 Å². The van der Waals surface area contributed by atoms with E-state index in [-0.39, 0.29) is 12.3 Å². The first-order valence-corrected chi connectivity index (χ1v) is 9.20. The fourth-order valence-corrected chi connectivity index (χ4v) is 2.99. The zero-order chi connectivity index (χ0) is 20.6. The molecule has 0 aliphatic carbocycles. The van der Waals surface area contributed by atoms with Crippen molar-refractivity contribution in [3.05, 3.63) is 53.6 Å². The molecule has 29 heavy (non-hydrogen) atoms. The van der Waals surface area contributed by atoms with Crippen molar-refractivity contribution < 1.29 is 0 Å². The number of nitrogens with zero attached hydrogens (tertiary/aromatic N) is 5. The van der Waals surface area contributed by atoms with Gasteiger partial charge in [-0.2, -0.15) is 5.26 Å². The first kappa shape index (κ1) is 20.0. The van der Waals surface area contributed by atoms with E-state index in [1.54, 1.807) is 12.1 Å². The van der Waals surface area contributed by atoms with Gasteiger partial charge in [-0.3, -0.25) is 15.4 Å². The Bertz CT molecular complexity index is 982. The summed E-state index contributed by atoms with van der Waals surface area (Å²) in [6.07, 6.45) is 4.33. The molecule has 0 saturated carbocycles. The lowest BCUT2D eigenvalue weighted by atomic mass is 10.0. The quantitative estimate of drug-likeness (QED) is 0.420. The molecule has 0 bridgehead atoms. The highest BCUT2D eigenvalue weighted by atomic mass is 15.2. The van der Waals surface area contributed by atoms with Crippen LogP contribution in [0, 0.1) is 16.7 Å². The average molecular weight is 389 g/mol. The summed E-state index contributed by atoms with van der Waals surface area (Å²) < 4.78 is 0. The van der Waals surface area contributed by atoms with E-state index < -0.39 is 0 Å². The molecule has 0 aromatic carbocycles. The number of allylic oxidation sites excluding steroid dienone is 1. The Labute approximate surface area is 169 Å². The Morgan fingerprint density at radius 1 is 1.34 bits per heavy atom. The van der Waals surface area contributed by atoms with Crippen molar-refractivity contribution in [2.75, 3.05) is 43.4 Å². The van der Waals surface area contributed by atoms with Crippen LogP contribution in [0.1, 0.15) is 17.0 Å². The molecular formula is C20H23N9. The van der Waals surface area contributed by atoms with E-state index in [9.17, 15) is 0 Å². The van der Waals surface area contributed by atoms with Crippen LogP contribution in [-0.2, 0) is 0 Å². The van der Waals surface area contributed by atoms with Gasteiger partial charge in [0.25, 0.3) is 0 Å². The van der Waals surface area contributed by atoms with E-state index in [2.05, 4.69) is 25.2 Å². The number of hydrogen-bond donors (Lipinski definition) is 4. The van der Waals surface area contributed by atoms with Crippen LogP contribution in [0.2, 0.25) is 0 Å². The number of aliphatic imine (C=N–C) groups is 1. The zero-order valence-electron chi connectivity index (χ0n) is 16.0. The van der Waals surface area contributed by atoms with Crippen LogP contribution in [0.5, 0.6) is 0 Å². The van der Waals surface area contributed by atoms with E-state index in [0.29, 0.717) is 28.2 Å². The molecular weight excluding hydrogens is 366 g/mol. The number of aromatic nitrogens is 2. The molecule has 3 heterocycles. The monoisotopic (exact) mass is 389 g/mol. The third-order valence-electron chi connectivity index (χ3n) is 4.50. The number of nitrogens with one attached hydrogen (secondary N) is 2. The van der Waals surface area contributed by atoms with Crippen LogP contribution in [0.4, 0.5) is 11.5 Å². The summed E-state index contributed by atoms with van der Waals surface area (Å²) in [4.78, 5) is 15.1. The highest BCUT2D eigenvalue weighted by molar-refractivity contribution is 6.14. The third kappa shape index (κ3) is 4.75. The highest BCUT2D eigenvalue weighted by Gasteiger charge is 2.16. The van der Waals surface area contributed by atoms with Crippen LogP contribution in [0.25, 0.3) is 5.57 Å². The normalized spacial score (nSPS) is 14.7. The van der Waals surface area contributed by atoms with Crippen molar-refractivity contribution >= 4 is 29.0 Å². The molecule has 0 amide bonds. The second kappa shape index (κ2) is 9.43. The van der Waals surface area contributed by atoms with Crippen molar-refractivity contribution in [3.63, 3.8) is 0 Å². The Morgan fingerprint density at radius 2 is 2.14 bits per heavy atom. The van der Waals surface area contributed by atoms with Gasteiger partial charge in [-0.15, -0.1) is 0 Å². The fraction of sp³-hybridized carbons (Fsp3) is 0.250. The molecule has 6 N–H and O–H groups in total. The van der Waals surface area contributed by atoms with Gasteiger partial charge >= 0.3 is 0 Å². The minimum atomic E-state index is 0.0255. The lowest BCUT2D eigenvalue weighted by molar-refractivity contribution is 0.585. The van der Waals surface area contributed by atoms with Crippen molar-refractivity contribution in [2.24, 2.45) is 10.7 Å². The van der Waals surface area contributed by atoms with Gasteiger partial charge in [0.2, 0.25) is 0 Å². The number of anilines is 2. The van der Waals surface area contributed by atoms with Crippen LogP contribution < -0.4 is 21.7 Å². The molecule has 3 rings (SSSR count). The number of rotatable bonds is 6. The minimum absolute atomic E-state index is 0.0255. The number of nitriles is 1. The lowest BCUT2D eigenvalue weighted by Gasteiger charge is -2.28. The fourth-order valence-electron chi connectivity index (χ4n) is 2.99. The topological polar surface area (TPSA) is 153 Å². The Hall–Kier alpha value is -3.77. The van der Waals surface area contributed by atoms with Gasteiger partial charge in [-0.1, -0.05) is 6.07 Å². The molecule has 2 aromatic rings. The van der Waals surface area contributed by atoms with E-state index in [1.165, 1.54) is 18.6 Å². The maximum absolute atomic E-state index is 8.66. The number of nitrogens with two attached hydrogens (primary N) is 2. The molecule has 0 radical (unpaired) electrons. The Balaban J connectivity index is 1.90.